The molecule has 0 radical (unpaired) electrons. The molecule has 3 fully saturated rings. The van der Waals surface area contributed by atoms with Gasteiger partial charge in [0.1, 0.15) is 0 Å². The van der Waals surface area contributed by atoms with Crippen molar-refractivity contribution in [2.45, 2.75) is 32.1 Å². The highest BCUT2D eigenvalue weighted by Gasteiger charge is 2.54. The average Bonchev–Trinajstić information content (AvgIpc) is 2.88. The molecule has 3 aliphatic rings. The second-order valence-electron chi connectivity index (χ2n) is 5.24. The van der Waals surface area contributed by atoms with Crippen LogP contribution in [0.25, 0.3) is 0 Å². The van der Waals surface area contributed by atoms with Crippen molar-refractivity contribution in [2.75, 3.05) is 26.3 Å². The standard InChI is InChI=1S/C12H18N2O3/c15-10-9-12(3-1-2-4-12)11(16)14(10)13-5-7-17-8-6-13/h1-9H2. The number of morpholine rings is 1. The Balaban J connectivity index is 1.80. The highest BCUT2D eigenvalue weighted by molar-refractivity contribution is 6.05. The molecule has 1 spiro atoms. The molecule has 94 valence electrons. The average molecular weight is 238 g/mol. The van der Waals surface area contributed by atoms with E-state index >= 15 is 0 Å². The first-order valence-corrected chi connectivity index (χ1v) is 6.43. The molecule has 3 rings (SSSR count). The molecule has 2 saturated heterocycles. The first-order valence-electron chi connectivity index (χ1n) is 6.43. The third-order valence-electron chi connectivity index (χ3n) is 4.20. The fourth-order valence-corrected chi connectivity index (χ4v) is 3.26. The summed E-state index contributed by atoms with van der Waals surface area (Å²) < 4.78 is 5.26. The lowest BCUT2D eigenvalue weighted by Gasteiger charge is -2.34. The van der Waals surface area contributed by atoms with E-state index in [1.54, 1.807) is 0 Å². The Morgan fingerprint density at radius 3 is 2.35 bits per heavy atom. The van der Waals surface area contributed by atoms with Gasteiger partial charge in [-0.3, -0.25) is 9.59 Å². The van der Waals surface area contributed by atoms with Gasteiger partial charge in [0.25, 0.3) is 5.91 Å². The molecule has 5 nitrogen and oxygen atoms in total. The molecule has 2 aliphatic heterocycles. The normalized spacial score (nSPS) is 29.5. The van der Waals surface area contributed by atoms with E-state index in [0.29, 0.717) is 32.7 Å². The summed E-state index contributed by atoms with van der Waals surface area (Å²) in [7, 11) is 0. The minimum atomic E-state index is -0.352. The number of hydrogen-bond donors (Lipinski definition) is 0. The highest BCUT2D eigenvalue weighted by Crippen LogP contribution is 2.47. The van der Waals surface area contributed by atoms with Crippen LogP contribution in [0.5, 0.6) is 0 Å². The van der Waals surface area contributed by atoms with Crippen molar-refractivity contribution in [1.29, 1.82) is 0 Å². The molecule has 0 atom stereocenters. The number of imide groups is 1. The summed E-state index contributed by atoms with van der Waals surface area (Å²) in [6.07, 6.45) is 4.35. The van der Waals surface area contributed by atoms with Crippen molar-refractivity contribution < 1.29 is 14.3 Å². The smallest absolute Gasteiger partial charge is 0.250 e. The lowest BCUT2D eigenvalue weighted by atomic mass is 9.85. The van der Waals surface area contributed by atoms with Crippen LogP contribution in [0.3, 0.4) is 0 Å². The molecule has 0 aromatic carbocycles. The van der Waals surface area contributed by atoms with Gasteiger partial charge in [-0.25, -0.2) is 10.0 Å². The summed E-state index contributed by atoms with van der Waals surface area (Å²) in [5, 5.41) is 3.27. The molecule has 0 aromatic rings. The Bertz CT molecular complexity index is 344. The van der Waals surface area contributed by atoms with Gasteiger partial charge in [0.05, 0.1) is 18.6 Å². The van der Waals surface area contributed by atoms with E-state index in [1.807, 2.05) is 5.01 Å². The molecular formula is C12H18N2O3. The van der Waals surface area contributed by atoms with Gasteiger partial charge in [-0.05, 0) is 12.8 Å². The molecular weight excluding hydrogens is 220 g/mol. The van der Waals surface area contributed by atoms with Gasteiger partial charge in [-0.1, -0.05) is 12.8 Å². The van der Waals surface area contributed by atoms with Crippen LogP contribution < -0.4 is 0 Å². The van der Waals surface area contributed by atoms with Crippen LogP contribution in [-0.2, 0) is 14.3 Å². The van der Waals surface area contributed by atoms with Crippen molar-refractivity contribution in [3.05, 3.63) is 0 Å². The fraction of sp³-hybridized carbons (Fsp3) is 0.833. The summed E-state index contributed by atoms with van der Waals surface area (Å²) in [5.74, 6) is 0.0284. The minimum absolute atomic E-state index is 0.0150. The number of rotatable bonds is 1. The predicted octanol–water partition coefficient (Wildman–Crippen LogP) is 0.553. The largest absolute Gasteiger partial charge is 0.379 e. The van der Waals surface area contributed by atoms with Crippen molar-refractivity contribution in [3.63, 3.8) is 0 Å². The Morgan fingerprint density at radius 2 is 1.71 bits per heavy atom. The van der Waals surface area contributed by atoms with Gasteiger partial charge in [0.2, 0.25) is 5.91 Å². The minimum Gasteiger partial charge on any atom is -0.379 e. The first kappa shape index (κ1) is 11.2. The van der Waals surface area contributed by atoms with Gasteiger partial charge in [0, 0.05) is 19.5 Å². The number of carbonyl (C=O) groups excluding carboxylic acids is 2. The first-order chi connectivity index (χ1) is 8.23. The van der Waals surface area contributed by atoms with Crippen LogP contribution in [0.4, 0.5) is 0 Å². The van der Waals surface area contributed by atoms with E-state index < -0.39 is 0 Å². The zero-order valence-corrected chi connectivity index (χ0v) is 9.98. The van der Waals surface area contributed by atoms with Gasteiger partial charge < -0.3 is 4.74 Å². The van der Waals surface area contributed by atoms with Gasteiger partial charge in [-0.2, -0.15) is 0 Å². The van der Waals surface area contributed by atoms with E-state index in [9.17, 15) is 9.59 Å². The number of amides is 2. The number of hydrogen-bond acceptors (Lipinski definition) is 4. The SMILES string of the molecule is O=C1CC2(CCCC2)C(=O)N1N1CCOCC1. The molecule has 1 aliphatic carbocycles. The lowest BCUT2D eigenvalue weighted by molar-refractivity contribution is -0.166. The second-order valence-corrected chi connectivity index (χ2v) is 5.24. The van der Waals surface area contributed by atoms with E-state index in [4.69, 9.17) is 4.74 Å². The predicted molar refractivity (Wildman–Crippen MR) is 59.8 cm³/mol. The Hall–Kier alpha value is -0.940. The Morgan fingerprint density at radius 1 is 1.06 bits per heavy atom. The van der Waals surface area contributed by atoms with Gasteiger partial charge in [0.15, 0.2) is 0 Å². The summed E-state index contributed by atoms with van der Waals surface area (Å²) in [5.41, 5.74) is -0.352. The highest BCUT2D eigenvalue weighted by atomic mass is 16.5. The molecule has 5 heteroatoms. The van der Waals surface area contributed by atoms with Crippen LogP contribution in [0, 0.1) is 5.41 Å². The topological polar surface area (TPSA) is 49.9 Å². The molecule has 0 bridgehead atoms. The maximum absolute atomic E-state index is 12.5. The van der Waals surface area contributed by atoms with E-state index in [-0.39, 0.29) is 17.2 Å². The molecule has 0 N–H and O–H groups in total. The van der Waals surface area contributed by atoms with Crippen LogP contribution in [0.2, 0.25) is 0 Å². The Labute approximate surface area is 101 Å². The van der Waals surface area contributed by atoms with Crippen LogP contribution >= 0.6 is 0 Å². The Kier molecular flexibility index (Phi) is 2.67. The summed E-state index contributed by atoms with van der Waals surface area (Å²) in [6.45, 7) is 2.50. The second kappa shape index (κ2) is 4.07. The molecule has 17 heavy (non-hydrogen) atoms. The third-order valence-corrected chi connectivity index (χ3v) is 4.20. The fourth-order valence-electron chi connectivity index (χ4n) is 3.26. The maximum atomic E-state index is 12.5. The summed E-state index contributed by atoms with van der Waals surface area (Å²) >= 11 is 0. The third kappa shape index (κ3) is 1.68. The molecule has 2 amide bonds. The maximum Gasteiger partial charge on any atom is 0.250 e. The quantitative estimate of drug-likeness (QED) is 0.626. The number of nitrogens with zero attached hydrogens (tertiary/aromatic N) is 2. The molecule has 0 aromatic heterocycles. The monoisotopic (exact) mass is 238 g/mol. The van der Waals surface area contributed by atoms with Crippen molar-refractivity contribution in [3.8, 4) is 0 Å². The number of ether oxygens (including phenoxy) is 1. The van der Waals surface area contributed by atoms with Crippen molar-refractivity contribution in [2.24, 2.45) is 5.41 Å². The summed E-state index contributed by atoms with van der Waals surface area (Å²) in [4.78, 5) is 24.5. The van der Waals surface area contributed by atoms with E-state index in [1.165, 1.54) is 5.01 Å². The van der Waals surface area contributed by atoms with Crippen LogP contribution in [0.15, 0.2) is 0 Å². The van der Waals surface area contributed by atoms with Gasteiger partial charge >= 0.3 is 0 Å². The summed E-state index contributed by atoms with van der Waals surface area (Å²) in [6, 6.07) is 0. The van der Waals surface area contributed by atoms with Crippen LogP contribution in [-0.4, -0.2) is 48.1 Å². The lowest BCUT2D eigenvalue weighted by Crippen LogP contribution is -2.52. The van der Waals surface area contributed by atoms with Crippen molar-refractivity contribution >= 4 is 11.8 Å². The van der Waals surface area contributed by atoms with Crippen molar-refractivity contribution in [1.82, 2.24) is 10.0 Å². The molecule has 2 heterocycles. The zero-order valence-electron chi connectivity index (χ0n) is 9.98. The van der Waals surface area contributed by atoms with E-state index in [2.05, 4.69) is 0 Å². The number of hydrazine groups is 1. The van der Waals surface area contributed by atoms with Gasteiger partial charge in [-0.15, -0.1) is 0 Å². The zero-order chi connectivity index (χ0) is 11.9. The molecule has 0 unspecified atom stereocenters. The molecule has 1 saturated carbocycles. The number of carbonyl (C=O) groups is 2. The van der Waals surface area contributed by atoms with E-state index in [0.717, 1.165) is 25.7 Å². The van der Waals surface area contributed by atoms with Crippen LogP contribution in [0.1, 0.15) is 32.1 Å².